The van der Waals surface area contributed by atoms with Gasteiger partial charge in [-0.2, -0.15) is 5.26 Å². The Bertz CT molecular complexity index is 510. The van der Waals surface area contributed by atoms with Crippen molar-refractivity contribution < 1.29 is 4.39 Å². The van der Waals surface area contributed by atoms with Crippen molar-refractivity contribution in [3.63, 3.8) is 0 Å². The van der Waals surface area contributed by atoms with Crippen molar-refractivity contribution in [1.82, 2.24) is 0 Å². The second kappa shape index (κ2) is 3.02. The van der Waals surface area contributed by atoms with Crippen LogP contribution in [-0.2, 0) is 0 Å². The Morgan fingerprint density at radius 3 is 3.00 bits per heavy atom. The molecule has 0 unspecified atom stereocenters. The second-order valence-corrected chi connectivity index (χ2v) is 3.93. The molecule has 0 N–H and O–H groups in total. The fourth-order valence-electron chi connectivity index (χ4n) is 1.19. The first-order valence-corrected chi connectivity index (χ1v) is 4.85. The third kappa shape index (κ3) is 1.21. The Balaban J connectivity index is 2.99. The van der Waals surface area contributed by atoms with E-state index in [0.717, 1.165) is 5.39 Å². The maximum absolute atomic E-state index is 13.2. The molecule has 0 bridgehead atoms. The van der Waals surface area contributed by atoms with Crippen molar-refractivity contribution in [1.29, 1.82) is 5.26 Å². The van der Waals surface area contributed by atoms with E-state index in [1.807, 2.05) is 17.5 Å². The molecule has 1 nitrogen and oxygen atoms in total. The van der Waals surface area contributed by atoms with Gasteiger partial charge in [-0.3, -0.25) is 0 Å². The van der Waals surface area contributed by atoms with Crippen LogP contribution >= 0.6 is 24.0 Å². The number of hydrogen-bond donors (Lipinski definition) is 1. The van der Waals surface area contributed by atoms with Crippen molar-refractivity contribution in [2.75, 3.05) is 0 Å². The predicted octanol–water partition coefficient (Wildman–Crippen LogP) is 3.20. The van der Waals surface area contributed by atoms with Gasteiger partial charge < -0.3 is 0 Å². The van der Waals surface area contributed by atoms with Gasteiger partial charge in [0, 0.05) is 10.3 Å². The monoisotopic (exact) mass is 209 g/mol. The summed E-state index contributed by atoms with van der Waals surface area (Å²) in [5, 5.41) is 11.4. The summed E-state index contributed by atoms with van der Waals surface area (Å²) >= 11 is 5.48. The zero-order valence-electron chi connectivity index (χ0n) is 6.41. The first kappa shape index (κ1) is 8.54. The number of nitriles is 1. The molecule has 1 heterocycles. The molecule has 0 amide bonds. The Labute approximate surface area is 83.8 Å². The van der Waals surface area contributed by atoms with Crippen LogP contribution in [0.15, 0.2) is 22.4 Å². The molecule has 0 fully saturated rings. The third-order valence-electron chi connectivity index (χ3n) is 1.78. The molecule has 0 aliphatic carbocycles. The smallest absolute Gasteiger partial charge is 0.143 e. The van der Waals surface area contributed by atoms with E-state index in [4.69, 9.17) is 5.26 Å². The highest BCUT2D eigenvalue weighted by Crippen LogP contribution is 2.31. The minimum Gasteiger partial charge on any atom is -0.205 e. The number of fused-ring (bicyclic) bond motifs is 1. The van der Waals surface area contributed by atoms with Crippen molar-refractivity contribution >= 4 is 34.1 Å². The number of benzene rings is 1. The lowest BCUT2D eigenvalue weighted by atomic mass is 10.2. The van der Waals surface area contributed by atoms with E-state index in [9.17, 15) is 4.39 Å². The lowest BCUT2D eigenvalue weighted by molar-refractivity contribution is 0.623. The third-order valence-corrected chi connectivity index (χ3v) is 3.08. The lowest BCUT2D eigenvalue weighted by Crippen LogP contribution is -1.84. The number of nitrogens with zero attached hydrogens (tertiary/aromatic N) is 1. The molecule has 0 atom stereocenters. The van der Waals surface area contributed by atoms with Gasteiger partial charge in [0.2, 0.25) is 0 Å². The first-order valence-electron chi connectivity index (χ1n) is 3.53. The van der Waals surface area contributed by atoms with Gasteiger partial charge in [0.25, 0.3) is 0 Å². The normalized spacial score (nSPS) is 10.2. The van der Waals surface area contributed by atoms with Crippen LogP contribution in [0.25, 0.3) is 10.1 Å². The Morgan fingerprint density at radius 1 is 1.54 bits per heavy atom. The van der Waals surface area contributed by atoms with Crippen molar-refractivity contribution in [3.05, 3.63) is 28.9 Å². The van der Waals surface area contributed by atoms with Gasteiger partial charge in [0.05, 0.1) is 4.70 Å². The van der Waals surface area contributed by atoms with E-state index in [1.54, 1.807) is 0 Å². The molecule has 1 aromatic carbocycles. The lowest BCUT2D eigenvalue weighted by Gasteiger charge is -1.98. The number of thiophene rings is 1. The summed E-state index contributed by atoms with van der Waals surface area (Å²) in [5.41, 5.74) is 0.114. The molecule has 2 aromatic rings. The van der Waals surface area contributed by atoms with Crippen LogP contribution in [0.5, 0.6) is 0 Å². The molecule has 0 aliphatic heterocycles. The molecule has 0 saturated heterocycles. The Kier molecular flexibility index (Phi) is 1.98. The minimum atomic E-state index is -0.498. The molecule has 2 rings (SSSR count). The van der Waals surface area contributed by atoms with E-state index in [0.29, 0.717) is 9.60 Å². The average Bonchev–Trinajstić information content (AvgIpc) is 2.53. The SMILES string of the molecule is N#Cc1c(F)cc(S)c2ccsc12. The van der Waals surface area contributed by atoms with E-state index < -0.39 is 5.82 Å². The summed E-state index contributed by atoms with van der Waals surface area (Å²) in [6.45, 7) is 0. The summed E-state index contributed by atoms with van der Waals surface area (Å²) in [7, 11) is 0. The van der Waals surface area contributed by atoms with Gasteiger partial charge in [-0.05, 0) is 17.5 Å². The molecule has 1 aromatic heterocycles. The van der Waals surface area contributed by atoms with E-state index in [2.05, 4.69) is 12.6 Å². The summed E-state index contributed by atoms with van der Waals surface area (Å²) in [5.74, 6) is -0.498. The van der Waals surface area contributed by atoms with Crippen molar-refractivity contribution in [3.8, 4) is 6.07 Å². The maximum atomic E-state index is 13.2. The first-order chi connectivity index (χ1) is 6.24. The topological polar surface area (TPSA) is 23.8 Å². The second-order valence-electron chi connectivity index (χ2n) is 2.53. The fourth-order valence-corrected chi connectivity index (χ4v) is 2.47. The summed E-state index contributed by atoms with van der Waals surface area (Å²) in [4.78, 5) is 0.577. The van der Waals surface area contributed by atoms with E-state index in [1.165, 1.54) is 17.4 Å². The Morgan fingerprint density at radius 2 is 2.31 bits per heavy atom. The maximum Gasteiger partial charge on any atom is 0.143 e. The Hall–Kier alpha value is -1.05. The average molecular weight is 209 g/mol. The van der Waals surface area contributed by atoms with Gasteiger partial charge in [0.15, 0.2) is 0 Å². The largest absolute Gasteiger partial charge is 0.205 e. The predicted molar refractivity (Wildman–Crippen MR) is 53.8 cm³/mol. The number of hydrogen-bond acceptors (Lipinski definition) is 3. The highest BCUT2D eigenvalue weighted by Gasteiger charge is 2.10. The van der Waals surface area contributed by atoms with E-state index in [-0.39, 0.29) is 5.56 Å². The molecular formula is C9H4FNS2. The van der Waals surface area contributed by atoms with Gasteiger partial charge in [-0.15, -0.1) is 24.0 Å². The fraction of sp³-hybridized carbons (Fsp3) is 0. The summed E-state index contributed by atoms with van der Waals surface area (Å²) < 4.78 is 13.9. The van der Waals surface area contributed by atoms with Gasteiger partial charge in [0.1, 0.15) is 17.4 Å². The molecule has 0 aliphatic rings. The van der Waals surface area contributed by atoms with Crippen LogP contribution < -0.4 is 0 Å². The van der Waals surface area contributed by atoms with Crippen LogP contribution in [0.4, 0.5) is 4.39 Å². The summed E-state index contributed by atoms with van der Waals surface area (Å²) in [6.07, 6.45) is 0. The molecule has 4 heteroatoms. The zero-order valence-corrected chi connectivity index (χ0v) is 8.12. The number of halogens is 1. The van der Waals surface area contributed by atoms with Crippen LogP contribution in [-0.4, -0.2) is 0 Å². The quantitative estimate of drug-likeness (QED) is 0.662. The molecule has 13 heavy (non-hydrogen) atoms. The minimum absolute atomic E-state index is 0.114. The summed E-state index contributed by atoms with van der Waals surface area (Å²) in [6, 6.07) is 4.96. The van der Waals surface area contributed by atoms with Crippen LogP contribution in [0, 0.1) is 17.1 Å². The molecule has 0 saturated carbocycles. The van der Waals surface area contributed by atoms with Crippen LogP contribution in [0.2, 0.25) is 0 Å². The number of thiol groups is 1. The molecule has 0 radical (unpaired) electrons. The van der Waals surface area contributed by atoms with Gasteiger partial charge in [-0.25, -0.2) is 4.39 Å². The highest BCUT2D eigenvalue weighted by molar-refractivity contribution is 7.80. The highest BCUT2D eigenvalue weighted by atomic mass is 32.1. The van der Waals surface area contributed by atoms with Gasteiger partial charge >= 0.3 is 0 Å². The standard InChI is InChI=1S/C9H4FNS2/c10-7-3-8(12)5-1-2-13-9(5)6(7)4-11/h1-3,12H. The molecular weight excluding hydrogens is 205 g/mol. The number of rotatable bonds is 0. The molecule has 0 spiro atoms. The van der Waals surface area contributed by atoms with E-state index >= 15 is 0 Å². The molecule has 64 valence electrons. The van der Waals surface area contributed by atoms with Crippen LogP contribution in [0.1, 0.15) is 5.56 Å². The zero-order chi connectivity index (χ0) is 9.42. The van der Waals surface area contributed by atoms with Crippen LogP contribution in [0.3, 0.4) is 0 Å². The van der Waals surface area contributed by atoms with Gasteiger partial charge in [-0.1, -0.05) is 0 Å². The van der Waals surface area contributed by atoms with Crippen molar-refractivity contribution in [2.45, 2.75) is 4.90 Å². The van der Waals surface area contributed by atoms with Crippen molar-refractivity contribution in [2.24, 2.45) is 0 Å².